The first-order chi connectivity index (χ1) is 13.1. The van der Waals surface area contributed by atoms with E-state index in [1.165, 1.54) is 21.3 Å². The predicted molar refractivity (Wildman–Crippen MR) is 106 cm³/mol. The molecule has 0 spiro atoms. The van der Waals surface area contributed by atoms with Gasteiger partial charge in [-0.3, -0.25) is 4.79 Å². The summed E-state index contributed by atoms with van der Waals surface area (Å²) < 4.78 is 15.9. The molecule has 0 heterocycles. The van der Waals surface area contributed by atoms with Gasteiger partial charge in [0.05, 0.1) is 21.3 Å². The highest BCUT2D eigenvalue weighted by Gasteiger charge is 2.12. The molecule has 5 nitrogen and oxygen atoms in total. The third kappa shape index (κ3) is 5.55. The smallest absolute Gasteiger partial charge is 0.298 e. The van der Waals surface area contributed by atoms with E-state index in [0.717, 1.165) is 5.56 Å². The molecule has 140 valence electrons. The van der Waals surface area contributed by atoms with Crippen molar-refractivity contribution in [1.29, 1.82) is 0 Å². The average molecular weight is 365 g/mol. The largest absolute Gasteiger partial charge is 0.493 e. The number of hydrogen-bond acceptors (Lipinski definition) is 4. The summed E-state index contributed by atoms with van der Waals surface area (Å²) in [6, 6.07) is 13.3. The second kappa shape index (κ2) is 9.93. The molecule has 0 atom stereocenters. The van der Waals surface area contributed by atoms with Gasteiger partial charge < -0.3 is 19.1 Å². The first-order valence-corrected chi connectivity index (χ1v) is 8.37. The zero-order valence-corrected chi connectivity index (χ0v) is 16.0. The molecular formula is C22H23NO4. The standard InChI is InChI=1S/C22H23NO4/c1-23(14-8-11-17-9-6-5-7-10-17)21(24)13-12-18-15-19(25-2)22(27-4)20(16-18)26-3/h5-11,15-16H,14H2,1-4H3/b11-8+. The number of carbonyl (C=O) groups excluding carboxylic acids is 1. The van der Waals surface area contributed by atoms with Gasteiger partial charge >= 0.3 is 0 Å². The lowest BCUT2D eigenvalue weighted by Crippen LogP contribution is -2.25. The van der Waals surface area contributed by atoms with E-state index < -0.39 is 0 Å². The van der Waals surface area contributed by atoms with Crippen LogP contribution in [0.2, 0.25) is 0 Å². The van der Waals surface area contributed by atoms with Crippen molar-refractivity contribution in [2.24, 2.45) is 0 Å². The first kappa shape index (κ1) is 19.9. The van der Waals surface area contributed by atoms with E-state index in [0.29, 0.717) is 29.4 Å². The van der Waals surface area contributed by atoms with Crippen molar-refractivity contribution in [2.75, 3.05) is 34.9 Å². The van der Waals surface area contributed by atoms with Gasteiger partial charge in [0.25, 0.3) is 5.91 Å². The van der Waals surface area contributed by atoms with Gasteiger partial charge in [0, 0.05) is 25.1 Å². The number of amides is 1. The summed E-state index contributed by atoms with van der Waals surface area (Å²) in [6.07, 6.45) is 3.89. The second-order valence-corrected chi connectivity index (χ2v) is 5.66. The zero-order chi connectivity index (χ0) is 19.6. The topological polar surface area (TPSA) is 48.0 Å². The number of ether oxygens (including phenoxy) is 3. The van der Waals surface area contributed by atoms with E-state index in [9.17, 15) is 4.79 Å². The Labute approximate surface area is 160 Å². The van der Waals surface area contributed by atoms with Crippen LogP contribution >= 0.6 is 0 Å². The Morgan fingerprint density at radius 2 is 1.67 bits per heavy atom. The molecule has 0 aliphatic heterocycles. The van der Waals surface area contributed by atoms with Gasteiger partial charge in [-0.2, -0.15) is 0 Å². The van der Waals surface area contributed by atoms with Crippen LogP contribution in [0.4, 0.5) is 0 Å². The number of rotatable bonds is 6. The van der Waals surface area contributed by atoms with Gasteiger partial charge in [-0.15, -0.1) is 0 Å². The van der Waals surface area contributed by atoms with Crippen LogP contribution in [0.25, 0.3) is 6.08 Å². The highest BCUT2D eigenvalue weighted by atomic mass is 16.5. The molecule has 2 aromatic carbocycles. The Bertz CT molecular complexity index is 838. The van der Waals surface area contributed by atoms with Crippen molar-refractivity contribution in [3.8, 4) is 29.1 Å². The molecule has 27 heavy (non-hydrogen) atoms. The minimum Gasteiger partial charge on any atom is -0.493 e. The SMILES string of the molecule is COc1cc(C#CC(=O)N(C)C/C=C/c2ccccc2)cc(OC)c1OC. The molecule has 0 saturated heterocycles. The van der Waals surface area contributed by atoms with Crippen molar-refractivity contribution in [3.63, 3.8) is 0 Å². The quantitative estimate of drug-likeness (QED) is 0.738. The lowest BCUT2D eigenvalue weighted by atomic mass is 10.2. The number of benzene rings is 2. The zero-order valence-electron chi connectivity index (χ0n) is 16.0. The maximum absolute atomic E-state index is 12.2. The van der Waals surface area contributed by atoms with Crippen LogP contribution in [0.3, 0.4) is 0 Å². The Morgan fingerprint density at radius 1 is 1.04 bits per heavy atom. The van der Waals surface area contributed by atoms with Crippen LogP contribution in [0.1, 0.15) is 11.1 Å². The summed E-state index contributed by atoms with van der Waals surface area (Å²) in [7, 11) is 6.31. The third-order valence-corrected chi connectivity index (χ3v) is 3.81. The molecule has 5 heteroatoms. The van der Waals surface area contributed by atoms with E-state index in [1.807, 2.05) is 42.5 Å². The van der Waals surface area contributed by atoms with Crippen molar-refractivity contribution >= 4 is 12.0 Å². The van der Waals surface area contributed by atoms with Gasteiger partial charge in [0.2, 0.25) is 5.75 Å². The Hall–Kier alpha value is -3.39. The first-order valence-electron chi connectivity index (χ1n) is 8.37. The molecule has 0 N–H and O–H groups in total. The maximum Gasteiger partial charge on any atom is 0.298 e. The number of likely N-dealkylation sites (N-methyl/N-ethyl adjacent to an activating group) is 1. The third-order valence-electron chi connectivity index (χ3n) is 3.81. The number of methoxy groups -OCH3 is 3. The predicted octanol–water partition coefficient (Wildman–Crippen LogP) is 3.24. The molecule has 0 fully saturated rings. The molecule has 1 amide bonds. The van der Waals surface area contributed by atoms with Gasteiger partial charge in [-0.1, -0.05) is 48.4 Å². The van der Waals surface area contributed by atoms with Crippen molar-refractivity contribution < 1.29 is 19.0 Å². The average Bonchev–Trinajstić information content (AvgIpc) is 2.71. The molecular weight excluding hydrogens is 342 g/mol. The number of nitrogens with zero attached hydrogens (tertiary/aromatic N) is 1. The summed E-state index contributed by atoms with van der Waals surface area (Å²) in [5.41, 5.74) is 1.69. The van der Waals surface area contributed by atoms with Gasteiger partial charge in [0.15, 0.2) is 11.5 Å². The summed E-state index contributed by atoms with van der Waals surface area (Å²) in [5, 5.41) is 0. The minimum absolute atomic E-state index is 0.276. The molecule has 0 aliphatic rings. The van der Waals surface area contributed by atoms with Gasteiger partial charge in [-0.25, -0.2) is 0 Å². The molecule has 0 unspecified atom stereocenters. The summed E-state index contributed by atoms with van der Waals surface area (Å²) in [5.74, 6) is 6.69. The Kier molecular flexibility index (Phi) is 7.33. The normalized spacial score (nSPS) is 10.1. The lowest BCUT2D eigenvalue weighted by Gasteiger charge is -2.12. The highest BCUT2D eigenvalue weighted by molar-refractivity contribution is 5.94. The number of hydrogen-bond donors (Lipinski definition) is 0. The second-order valence-electron chi connectivity index (χ2n) is 5.66. The number of carbonyl (C=O) groups is 1. The fourth-order valence-corrected chi connectivity index (χ4v) is 2.37. The van der Waals surface area contributed by atoms with Crippen LogP contribution < -0.4 is 14.2 Å². The van der Waals surface area contributed by atoms with E-state index in [4.69, 9.17) is 14.2 Å². The molecule has 0 saturated carbocycles. The van der Waals surface area contributed by atoms with Gasteiger partial charge in [-0.05, 0) is 17.7 Å². The van der Waals surface area contributed by atoms with E-state index in [2.05, 4.69) is 11.8 Å². The van der Waals surface area contributed by atoms with Crippen molar-refractivity contribution in [2.45, 2.75) is 0 Å². The Morgan fingerprint density at radius 3 is 2.22 bits per heavy atom. The van der Waals surface area contributed by atoms with E-state index in [1.54, 1.807) is 24.1 Å². The monoisotopic (exact) mass is 365 g/mol. The van der Waals surface area contributed by atoms with E-state index >= 15 is 0 Å². The highest BCUT2D eigenvalue weighted by Crippen LogP contribution is 2.37. The summed E-state index contributed by atoms with van der Waals surface area (Å²) in [6.45, 7) is 0.470. The Balaban J connectivity index is 2.07. The fraction of sp³-hybridized carbons (Fsp3) is 0.227. The van der Waals surface area contributed by atoms with Crippen LogP contribution in [-0.2, 0) is 4.79 Å². The summed E-state index contributed by atoms with van der Waals surface area (Å²) in [4.78, 5) is 13.8. The molecule has 0 radical (unpaired) electrons. The van der Waals surface area contributed by atoms with E-state index in [-0.39, 0.29) is 5.91 Å². The lowest BCUT2D eigenvalue weighted by molar-refractivity contribution is -0.123. The van der Waals surface area contributed by atoms with Crippen LogP contribution in [0, 0.1) is 11.8 Å². The van der Waals surface area contributed by atoms with Crippen molar-refractivity contribution in [1.82, 2.24) is 4.90 Å². The molecule has 2 aromatic rings. The van der Waals surface area contributed by atoms with Crippen LogP contribution in [0.15, 0.2) is 48.5 Å². The molecule has 0 aromatic heterocycles. The van der Waals surface area contributed by atoms with Crippen LogP contribution in [0.5, 0.6) is 17.2 Å². The molecule has 0 bridgehead atoms. The minimum atomic E-state index is -0.276. The molecule has 0 aliphatic carbocycles. The maximum atomic E-state index is 12.2. The summed E-state index contributed by atoms with van der Waals surface area (Å²) >= 11 is 0. The van der Waals surface area contributed by atoms with Crippen molar-refractivity contribution in [3.05, 3.63) is 59.7 Å². The van der Waals surface area contributed by atoms with Gasteiger partial charge in [0.1, 0.15) is 0 Å². The van der Waals surface area contributed by atoms with Crippen LogP contribution in [-0.4, -0.2) is 45.7 Å². The molecule has 2 rings (SSSR count). The fourth-order valence-electron chi connectivity index (χ4n) is 2.37.